The van der Waals surface area contributed by atoms with Crippen LogP contribution in [0.2, 0.25) is 10.0 Å². The topological polar surface area (TPSA) is 59.1 Å². The Bertz CT molecular complexity index is 1250. The van der Waals surface area contributed by atoms with E-state index in [1.807, 2.05) is 12.1 Å². The van der Waals surface area contributed by atoms with E-state index in [0.29, 0.717) is 35.5 Å². The summed E-state index contributed by atoms with van der Waals surface area (Å²) in [6.07, 6.45) is 3.31. The summed E-state index contributed by atoms with van der Waals surface area (Å²) < 4.78 is 0. The number of imide groups is 1. The third-order valence-corrected chi connectivity index (χ3v) is 10.2. The molecule has 3 saturated heterocycles. The van der Waals surface area contributed by atoms with Crippen molar-refractivity contribution < 1.29 is 9.59 Å². The SMILES string of the molecule is O=C1CCC(N2Cc3cc(CN4CCC(N5CCN(c6cccc(Cl)c6Cl)CC5)CC4)ccc3C2S)C(=O)N1. The number of fused-ring (bicyclic) bond motifs is 1. The number of nitrogens with zero attached hydrogens (tertiary/aromatic N) is 4. The lowest BCUT2D eigenvalue weighted by atomic mass is 10.0. The van der Waals surface area contributed by atoms with Crippen LogP contribution >= 0.6 is 35.8 Å². The highest BCUT2D eigenvalue weighted by atomic mass is 35.5. The highest BCUT2D eigenvalue weighted by Crippen LogP contribution is 2.40. The Labute approximate surface area is 245 Å². The summed E-state index contributed by atoms with van der Waals surface area (Å²) in [4.78, 5) is 33.7. The zero-order chi connectivity index (χ0) is 27.1. The van der Waals surface area contributed by atoms with E-state index < -0.39 is 0 Å². The van der Waals surface area contributed by atoms with E-state index in [1.54, 1.807) is 0 Å². The summed E-state index contributed by atoms with van der Waals surface area (Å²) in [7, 11) is 0. The smallest absolute Gasteiger partial charge is 0.243 e. The highest BCUT2D eigenvalue weighted by Gasteiger charge is 2.39. The number of hydrogen-bond donors (Lipinski definition) is 2. The van der Waals surface area contributed by atoms with Gasteiger partial charge in [0.15, 0.2) is 0 Å². The van der Waals surface area contributed by atoms with Gasteiger partial charge in [0.2, 0.25) is 11.8 Å². The molecular weight excluding hydrogens is 553 g/mol. The first kappa shape index (κ1) is 27.4. The summed E-state index contributed by atoms with van der Waals surface area (Å²) in [6, 6.07) is 12.9. The Morgan fingerprint density at radius 3 is 2.46 bits per heavy atom. The minimum absolute atomic E-state index is 0.121. The van der Waals surface area contributed by atoms with Crippen molar-refractivity contribution in [2.75, 3.05) is 44.2 Å². The molecule has 3 fully saturated rings. The van der Waals surface area contributed by atoms with Crippen LogP contribution in [-0.2, 0) is 22.7 Å². The van der Waals surface area contributed by atoms with Crippen LogP contribution in [0.4, 0.5) is 5.69 Å². The van der Waals surface area contributed by atoms with Crippen LogP contribution in [0.1, 0.15) is 47.7 Å². The van der Waals surface area contributed by atoms with Gasteiger partial charge in [0, 0.05) is 51.7 Å². The maximum absolute atomic E-state index is 12.4. The fourth-order valence-electron chi connectivity index (χ4n) is 6.65. The maximum atomic E-state index is 12.4. The number of anilines is 1. The van der Waals surface area contributed by atoms with E-state index >= 15 is 0 Å². The van der Waals surface area contributed by atoms with Crippen molar-refractivity contribution in [2.45, 2.75) is 56.2 Å². The van der Waals surface area contributed by atoms with Crippen molar-refractivity contribution in [3.63, 3.8) is 0 Å². The van der Waals surface area contributed by atoms with E-state index in [2.05, 4.69) is 49.2 Å². The molecule has 4 aliphatic rings. The van der Waals surface area contributed by atoms with Crippen LogP contribution in [0.25, 0.3) is 0 Å². The van der Waals surface area contributed by atoms with Crippen LogP contribution in [-0.4, -0.2) is 77.9 Å². The van der Waals surface area contributed by atoms with Crippen molar-refractivity contribution in [3.8, 4) is 0 Å². The fourth-order valence-corrected chi connectivity index (χ4v) is 7.56. The number of amides is 2. The molecule has 6 rings (SSSR count). The number of likely N-dealkylation sites (tertiary alicyclic amines) is 1. The van der Waals surface area contributed by atoms with Crippen molar-refractivity contribution in [3.05, 3.63) is 63.1 Å². The third kappa shape index (κ3) is 5.69. The Morgan fingerprint density at radius 2 is 1.72 bits per heavy atom. The predicted octanol–water partition coefficient (Wildman–Crippen LogP) is 4.33. The standard InChI is InChI=1S/C29H35Cl2N5O2S/c30-23-2-1-3-24(27(23)31)35-14-12-34(13-15-35)21-8-10-33(11-9-21)17-19-4-5-22-20(16-19)18-36(29(22)39)25-6-7-26(37)32-28(25)38/h1-5,16,21,25,29,39H,6-15,17-18H2,(H,32,37,38). The van der Waals surface area contributed by atoms with Gasteiger partial charge in [0.1, 0.15) is 0 Å². The summed E-state index contributed by atoms with van der Waals surface area (Å²) in [5.41, 5.74) is 4.76. The van der Waals surface area contributed by atoms with Gasteiger partial charge < -0.3 is 4.90 Å². The predicted molar refractivity (Wildman–Crippen MR) is 158 cm³/mol. The lowest BCUT2D eigenvalue weighted by Gasteiger charge is -2.43. The molecule has 0 aromatic heterocycles. The van der Waals surface area contributed by atoms with E-state index in [4.69, 9.17) is 35.8 Å². The first-order valence-corrected chi connectivity index (χ1v) is 15.2. The molecule has 208 valence electrons. The molecule has 10 heteroatoms. The molecule has 2 aromatic carbocycles. The largest absolute Gasteiger partial charge is 0.368 e. The van der Waals surface area contributed by atoms with Gasteiger partial charge in [-0.25, -0.2) is 0 Å². The summed E-state index contributed by atoms with van der Waals surface area (Å²) in [5.74, 6) is -0.379. The first-order chi connectivity index (χ1) is 18.9. The molecule has 0 bridgehead atoms. The summed E-state index contributed by atoms with van der Waals surface area (Å²) in [5, 5.41) is 3.63. The van der Waals surface area contributed by atoms with Crippen LogP contribution in [0.5, 0.6) is 0 Å². The Hall–Kier alpha value is -1.81. The number of hydrogen-bond acceptors (Lipinski definition) is 7. The van der Waals surface area contributed by atoms with Gasteiger partial charge in [-0.15, -0.1) is 0 Å². The Kier molecular flexibility index (Phi) is 8.13. The molecule has 7 nitrogen and oxygen atoms in total. The molecule has 2 amide bonds. The van der Waals surface area contributed by atoms with Gasteiger partial charge in [-0.3, -0.25) is 29.6 Å². The van der Waals surface area contributed by atoms with E-state index in [-0.39, 0.29) is 23.2 Å². The van der Waals surface area contributed by atoms with Gasteiger partial charge in [-0.1, -0.05) is 47.5 Å². The van der Waals surface area contributed by atoms with Crippen molar-refractivity contribution in [1.82, 2.24) is 20.0 Å². The molecule has 2 aromatic rings. The van der Waals surface area contributed by atoms with Crippen LogP contribution in [0.15, 0.2) is 36.4 Å². The second-order valence-electron chi connectivity index (χ2n) is 11.1. The van der Waals surface area contributed by atoms with Gasteiger partial charge in [-0.2, -0.15) is 12.6 Å². The summed E-state index contributed by atoms with van der Waals surface area (Å²) >= 11 is 17.5. The quantitative estimate of drug-likeness (QED) is 0.401. The molecule has 0 radical (unpaired) electrons. The fraction of sp³-hybridized carbons (Fsp3) is 0.517. The normalized spacial score (nSPS) is 25.7. The number of halogens is 2. The average Bonchev–Trinajstić information content (AvgIpc) is 3.26. The van der Waals surface area contributed by atoms with E-state index in [1.165, 1.54) is 29.5 Å². The lowest BCUT2D eigenvalue weighted by Crippen LogP contribution is -2.53. The van der Waals surface area contributed by atoms with E-state index in [0.717, 1.165) is 51.5 Å². The van der Waals surface area contributed by atoms with Gasteiger partial charge in [0.25, 0.3) is 0 Å². The zero-order valence-electron chi connectivity index (χ0n) is 22.0. The van der Waals surface area contributed by atoms with Crippen molar-refractivity contribution in [2.24, 2.45) is 0 Å². The minimum Gasteiger partial charge on any atom is -0.368 e. The van der Waals surface area contributed by atoms with Crippen molar-refractivity contribution >= 4 is 53.3 Å². The second kappa shape index (κ2) is 11.6. The molecule has 4 aliphatic heterocycles. The Balaban J connectivity index is 0.999. The monoisotopic (exact) mass is 587 g/mol. The molecule has 0 aliphatic carbocycles. The summed E-state index contributed by atoms with van der Waals surface area (Å²) in [6.45, 7) is 7.86. The average molecular weight is 589 g/mol. The van der Waals surface area contributed by atoms with Crippen LogP contribution in [0.3, 0.4) is 0 Å². The molecule has 1 N–H and O–H groups in total. The van der Waals surface area contributed by atoms with Gasteiger partial charge in [-0.05, 0) is 61.2 Å². The molecular formula is C29H35Cl2N5O2S. The Morgan fingerprint density at radius 1 is 0.949 bits per heavy atom. The number of thiol groups is 1. The lowest BCUT2D eigenvalue weighted by molar-refractivity contribution is -0.137. The minimum atomic E-state index is -0.301. The third-order valence-electron chi connectivity index (χ3n) is 8.83. The molecule has 39 heavy (non-hydrogen) atoms. The number of carbonyl (C=O) groups is 2. The number of carbonyl (C=O) groups excluding carboxylic acids is 2. The first-order valence-electron chi connectivity index (χ1n) is 13.9. The highest BCUT2D eigenvalue weighted by molar-refractivity contribution is 7.80. The molecule has 0 spiro atoms. The maximum Gasteiger partial charge on any atom is 0.243 e. The second-order valence-corrected chi connectivity index (χ2v) is 12.4. The molecule has 4 heterocycles. The molecule has 2 unspecified atom stereocenters. The number of piperidine rings is 2. The van der Waals surface area contributed by atoms with Crippen molar-refractivity contribution in [1.29, 1.82) is 0 Å². The molecule has 0 saturated carbocycles. The number of piperazine rings is 1. The number of benzene rings is 2. The van der Waals surface area contributed by atoms with Crippen LogP contribution in [0, 0.1) is 0 Å². The molecule has 2 atom stereocenters. The number of nitrogens with one attached hydrogen (secondary N) is 1. The number of rotatable bonds is 5. The zero-order valence-corrected chi connectivity index (χ0v) is 24.4. The van der Waals surface area contributed by atoms with Gasteiger partial charge in [0.05, 0.1) is 27.1 Å². The van der Waals surface area contributed by atoms with E-state index in [9.17, 15) is 9.59 Å². The van der Waals surface area contributed by atoms with Crippen LogP contribution < -0.4 is 10.2 Å². The van der Waals surface area contributed by atoms with Gasteiger partial charge >= 0.3 is 0 Å².